The van der Waals surface area contributed by atoms with Crippen LogP contribution in [0.15, 0.2) is 18.2 Å². The summed E-state index contributed by atoms with van der Waals surface area (Å²) in [6, 6.07) is 4.22. The molecule has 5 heteroatoms. The molecule has 0 aliphatic heterocycles. The molecule has 0 aliphatic rings. The van der Waals surface area contributed by atoms with Crippen molar-refractivity contribution < 1.29 is 13.9 Å². The molecule has 19 heavy (non-hydrogen) atoms. The van der Waals surface area contributed by atoms with Gasteiger partial charge < -0.3 is 15.2 Å². The number of rotatable bonds is 8. The highest BCUT2D eigenvalue weighted by Gasteiger charge is 2.06. The summed E-state index contributed by atoms with van der Waals surface area (Å²) < 4.78 is 24.2. The van der Waals surface area contributed by atoms with E-state index in [2.05, 4.69) is 13.8 Å². The molecule has 0 atom stereocenters. The van der Waals surface area contributed by atoms with Gasteiger partial charge in [0.25, 0.3) is 0 Å². The van der Waals surface area contributed by atoms with Crippen molar-refractivity contribution in [1.82, 2.24) is 0 Å². The number of ether oxygens (including phenoxy) is 2. The van der Waals surface area contributed by atoms with Crippen LogP contribution in [0.3, 0.4) is 0 Å². The van der Waals surface area contributed by atoms with Gasteiger partial charge in [0.05, 0.1) is 6.61 Å². The summed E-state index contributed by atoms with van der Waals surface area (Å²) >= 11 is 0. The number of nitrogen functional groups attached to an aromatic ring is 1. The molecule has 0 aromatic heterocycles. The summed E-state index contributed by atoms with van der Waals surface area (Å²) in [7, 11) is 0. The van der Waals surface area contributed by atoms with Crippen molar-refractivity contribution in [1.29, 1.82) is 5.41 Å². The average molecular weight is 268 g/mol. The van der Waals surface area contributed by atoms with E-state index in [-0.39, 0.29) is 11.6 Å². The molecular formula is C14H21FN2O2. The Morgan fingerprint density at radius 3 is 2.63 bits per heavy atom. The molecule has 3 N–H and O–H groups in total. The second-order valence-corrected chi connectivity index (χ2v) is 4.70. The van der Waals surface area contributed by atoms with Gasteiger partial charge in [-0.3, -0.25) is 5.41 Å². The van der Waals surface area contributed by atoms with Crippen molar-refractivity contribution in [2.75, 3.05) is 19.8 Å². The lowest BCUT2D eigenvalue weighted by atomic mass is 10.1. The minimum absolute atomic E-state index is 0.150. The Labute approximate surface area is 113 Å². The summed E-state index contributed by atoms with van der Waals surface area (Å²) in [6.07, 6.45) is 1.00. The molecular weight excluding hydrogens is 247 g/mol. The molecule has 1 aromatic carbocycles. The molecule has 1 aromatic rings. The van der Waals surface area contributed by atoms with Gasteiger partial charge in [0.15, 0.2) is 11.6 Å². The van der Waals surface area contributed by atoms with E-state index in [1.807, 2.05) is 0 Å². The normalized spacial score (nSPS) is 10.7. The van der Waals surface area contributed by atoms with E-state index in [0.717, 1.165) is 6.42 Å². The fourth-order valence-corrected chi connectivity index (χ4v) is 1.42. The van der Waals surface area contributed by atoms with Crippen molar-refractivity contribution >= 4 is 5.84 Å². The van der Waals surface area contributed by atoms with Gasteiger partial charge in [-0.1, -0.05) is 13.8 Å². The maximum Gasteiger partial charge on any atom is 0.165 e. The molecule has 0 bridgehead atoms. The molecule has 0 radical (unpaired) electrons. The van der Waals surface area contributed by atoms with E-state index in [4.69, 9.17) is 20.6 Å². The first-order valence-electron chi connectivity index (χ1n) is 6.35. The fraction of sp³-hybridized carbons (Fsp3) is 0.500. The molecule has 0 fully saturated rings. The monoisotopic (exact) mass is 268 g/mol. The van der Waals surface area contributed by atoms with Gasteiger partial charge in [0.2, 0.25) is 0 Å². The van der Waals surface area contributed by atoms with Crippen LogP contribution in [0, 0.1) is 17.1 Å². The molecule has 0 unspecified atom stereocenters. The van der Waals surface area contributed by atoms with Crippen molar-refractivity contribution in [3.63, 3.8) is 0 Å². The standard InChI is InChI=1S/C14H21FN2O2/c1-10(2)5-6-18-7-8-19-13-4-3-11(14(16)17)9-12(13)15/h3-4,9-10H,5-8H2,1-2H3,(H3,16,17). The molecule has 0 heterocycles. The number of hydrogen-bond acceptors (Lipinski definition) is 3. The van der Waals surface area contributed by atoms with E-state index in [1.54, 1.807) is 6.07 Å². The lowest BCUT2D eigenvalue weighted by molar-refractivity contribution is 0.0913. The first-order chi connectivity index (χ1) is 9.00. The largest absolute Gasteiger partial charge is 0.488 e. The second-order valence-electron chi connectivity index (χ2n) is 4.70. The maximum atomic E-state index is 13.6. The zero-order chi connectivity index (χ0) is 14.3. The van der Waals surface area contributed by atoms with Crippen LogP contribution < -0.4 is 10.5 Å². The molecule has 0 saturated carbocycles. The van der Waals surface area contributed by atoms with E-state index < -0.39 is 5.82 Å². The molecule has 0 saturated heterocycles. The van der Waals surface area contributed by atoms with Gasteiger partial charge in [-0.05, 0) is 30.5 Å². The predicted octanol–water partition coefficient (Wildman–Crippen LogP) is 2.55. The Bertz CT molecular complexity index is 422. The molecule has 4 nitrogen and oxygen atoms in total. The van der Waals surface area contributed by atoms with Gasteiger partial charge >= 0.3 is 0 Å². The van der Waals surface area contributed by atoms with Gasteiger partial charge in [-0.25, -0.2) is 4.39 Å². The third kappa shape index (κ3) is 5.70. The number of nitrogens with one attached hydrogen (secondary N) is 1. The van der Waals surface area contributed by atoms with E-state index >= 15 is 0 Å². The van der Waals surface area contributed by atoms with Crippen LogP contribution in [0.5, 0.6) is 5.75 Å². The molecule has 106 valence electrons. The van der Waals surface area contributed by atoms with Crippen LogP contribution in [-0.2, 0) is 4.74 Å². The Morgan fingerprint density at radius 1 is 1.32 bits per heavy atom. The van der Waals surface area contributed by atoms with Gasteiger partial charge in [-0.2, -0.15) is 0 Å². The van der Waals surface area contributed by atoms with Gasteiger partial charge in [-0.15, -0.1) is 0 Å². The zero-order valence-electron chi connectivity index (χ0n) is 11.4. The van der Waals surface area contributed by atoms with Crippen LogP contribution in [0.1, 0.15) is 25.8 Å². The van der Waals surface area contributed by atoms with Crippen LogP contribution in [0.4, 0.5) is 4.39 Å². The smallest absolute Gasteiger partial charge is 0.165 e. The summed E-state index contributed by atoms with van der Waals surface area (Å²) in [4.78, 5) is 0. The zero-order valence-corrected chi connectivity index (χ0v) is 11.4. The molecule has 0 aliphatic carbocycles. The summed E-state index contributed by atoms with van der Waals surface area (Å²) in [5.74, 6) is 0.0762. The number of benzene rings is 1. The SMILES string of the molecule is CC(C)CCOCCOc1ccc(C(=N)N)cc1F. The first kappa shape index (κ1) is 15.4. The second kappa shape index (κ2) is 7.74. The topological polar surface area (TPSA) is 68.3 Å². The van der Waals surface area contributed by atoms with Crippen LogP contribution in [0.25, 0.3) is 0 Å². The Morgan fingerprint density at radius 2 is 2.05 bits per heavy atom. The third-order valence-corrected chi connectivity index (χ3v) is 2.57. The number of nitrogens with two attached hydrogens (primary N) is 1. The summed E-state index contributed by atoms with van der Waals surface area (Å²) in [6.45, 7) is 5.68. The van der Waals surface area contributed by atoms with Crippen LogP contribution >= 0.6 is 0 Å². The summed E-state index contributed by atoms with van der Waals surface area (Å²) in [5.41, 5.74) is 5.61. The Kier molecular flexibility index (Phi) is 6.29. The lowest BCUT2D eigenvalue weighted by Gasteiger charge is -2.09. The van der Waals surface area contributed by atoms with E-state index in [9.17, 15) is 4.39 Å². The minimum Gasteiger partial charge on any atom is -0.488 e. The van der Waals surface area contributed by atoms with Gasteiger partial charge in [0, 0.05) is 12.2 Å². The van der Waals surface area contributed by atoms with Crippen LogP contribution in [0.2, 0.25) is 0 Å². The first-order valence-corrected chi connectivity index (χ1v) is 6.35. The highest BCUT2D eigenvalue weighted by molar-refractivity contribution is 5.95. The van der Waals surface area contributed by atoms with Crippen molar-refractivity contribution in [2.45, 2.75) is 20.3 Å². The third-order valence-electron chi connectivity index (χ3n) is 2.57. The predicted molar refractivity (Wildman–Crippen MR) is 73.2 cm³/mol. The Hall–Kier alpha value is -1.62. The van der Waals surface area contributed by atoms with E-state index in [1.165, 1.54) is 12.1 Å². The highest BCUT2D eigenvalue weighted by Crippen LogP contribution is 2.18. The minimum atomic E-state index is -0.519. The number of hydrogen-bond donors (Lipinski definition) is 2. The lowest BCUT2D eigenvalue weighted by Crippen LogP contribution is -2.12. The molecule has 1 rings (SSSR count). The fourth-order valence-electron chi connectivity index (χ4n) is 1.42. The maximum absolute atomic E-state index is 13.6. The highest BCUT2D eigenvalue weighted by atomic mass is 19.1. The van der Waals surface area contributed by atoms with Crippen molar-refractivity contribution in [2.24, 2.45) is 11.7 Å². The number of halogens is 1. The quantitative estimate of drug-likeness (QED) is 0.432. The van der Waals surface area contributed by atoms with Gasteiger partial charge in [0.1, 0.15) is 12.4 Å². The molecule has 0 amide bonds. The van der Waals surface area contributed by atoms with Crippen molar-refractivity contribution in [3.05, 3.63) is 29.6 Å². The molecule has 0 spiro atoms. The Balaban J connectivity index is 2.32. The summed E-state index contributed by atoms with van der Waals surface area (Å²) in [5, 5.41) is 7.20. The van der Waals surface area contributed by atoms with E-state index in [0.29, 0.717) is 31.3 Å². The number of amidine groups is 1. The average Bonchev–Trinajstić information content (AvgIpc) is 2.34. The van der Waals surface area contributed by atoms with Crippen molar-refractivity contribution in [3.8, 4) is 5.75 Å². The van der Waals surface area contributed by atoms with Crippen LogP contribution in [-0.4, -0.2) is 25.7 Å².